The average molecular weight is 381 g/mol. The first-order chi connectivity index (χ1) is 12.2. The molecule has 0 spiro atoms. The zero-order chi connectivity index (χ0) is 19.1. The molecule has 2 atom stereocenters. The third kappa shape index (κ3) is 3.73. The highest BCUT2D eigenvalue weighted by molar-refractivity contribution is 7.91. The summed E-state index contributed by atoms with van der Waals surface area (Å²) in [5.74, 6) is -1.12. The van der Waals surface area contributed by atoms with Crippen molar-refractivity contribution in [1.29, 1.82) is 0 Å². The Morgan fingerprint density at radius 1 is 1.35 bits per heavy atom. The molecule has 1 aromatic heterocycles. The van der Waals surface area contributed by atoms with Crippen LogP contribution in [0.2, 0.25) is 0 Å². The number of aliphatic hydroxyl groups excluding tert-OH is 1. The number of carbonyl (C=O) groups is 1. The lowest BCUT2D eigenvalue weighted by Gasteiger charge is -2.15. The van der Waals surface area contributed by atoms with Gasteiger partial charge in [-0.1, -0.05) is 0 Å². The van der Waals surface area contributed by atoms with Crippen molar-refractivity contribution >= 4 is 26.7 Å². The van der Waals surface area contributed by atoms with E-state index >= 15 is 0 Å². The number of nitrogens with one attached hydrogen (secondary N) is 1. The number of benzene rings is 1. The first-order valence-corrected chi connectivity index (χ1v) is 9.91. The van der Waals surface area contributed by atoms with Crippen LogP contribution in [0, 0.1) is 6.92 Å². The van der Waals surface area contributed by atoms with Crippen LogP contribution in [0.15, 0.2) is 27.4 Å². The Balaban J connectivity index is 1.73. The number of carbonyl (C=O) groups excluding carboxylic acids is 1. The molecule has 2 heterocycles. The monoisotopic (exact) mass is 381 g/mol. The Labute approximate surface area is 149 Å². The van der Waals surface area contributed by atoms with Crippen LogP contribution in [0.5, 0.6) is 5.75 Å². The number of hydrogen-bond donors (Lipinski definition) is 3. The number of aliphatic hydroxyl groups is 1. The number of aromatic hydroxyl groups is 1. The van der Waals surface area contributed by atoms with Crippen LogP contribution in [-0.4, -0.2) is 48.2 Å². The van der Waals surface area contributed by atoms with Crippen molar-refractivity contribution in [2.75, 3.05) is 11.5 Å². The topological polar surface area (TPSA) is 134 Å². The van der Waals surface area contributed by atoms with Gasteiger partial charge in [0.1, 0.15) is 11.3 Å². The highest BCUT2D eigenvalue weighted by Crippen LogP contribution is 2.24. The summed E-state index contributed by atoms with van der Waals surface area (Å²) in [7, 11) is -3.35. The first-order valence-electron chi connectivity index (χ1n) is 8.09. The molecule has 0 radical (unpaired) electrons. The van der Waals surface area contributed by atoms with E-state index in [-0.39, 0.29) is 35.7 Å². The van der Waals surface area contributed by atoms with E-state index in [1.807, 2.05) is 0 Å². The lowest BCUT2D eigenvalue weighted by Crippen LogP contribution is -2.42. The second kappa shape index (κ2) is 6.73. The van der Waals surface area contributed by atoms with Gasteiger partial charge in [-0.15, -0.1) is 0 Å². The largest absolute Gasteiger partial charge is 0.508 e. The minimum Gasteiger partial charge on any atom is -0.508 e. The minimum absolute atomic E-state index is 0.0164. The van der Waals surface area contributed by atoms with Crippen molar-refractivity contribution in [3.8, 4) is 5.75 Å². The third-order valence-corrected chi connectivity index (χ3v) is 6.26. The quantitative estimate of drug-likeness (QED) is 0.635. The standard InChI is InChI=1S/C17H19NO7S/c1-9-11-3-2-10(19)6-15(11)25-17(22)12(9)4-5-16(21)18-13-7-26(23,24)8-14(13)20/h2-3,6,13-14,19-20H,4-5,7-8H2,1H3,(H,18,21)/t13-,14-/m0/s1. The molecule has 26 heavy (non-hydrogen) atoms. The van der Waals surface area contributed by atoms with Gasteiger partial charge in [0, 0.05) is 23.4 Å². The first kappa shape index (κ1) is 18.4. The number of fused-ring (bicyclic) bond motifs is 1. The van der Waals surface area contributed by atoms with Gasteiger partial charge in [0.15, 0.2) is 9.84 Å². The van der Waals surface area contributed by atoms with E-state index in [1.165, 1.54) is 12.1 Å². The van der Waals surface area contributed by atoms with Crippen LogP contribution < -0.4 is 10.9 Å². The molecule has 0 bridgehead atoms. The molecule has 2 aromatic rings. The molecule has 0 aliphatic carbocycles. The number of sulfone groups is 1. The lowest BCUT2D eigenvalue weighted by molar-refractivity contribution is -0.122. The van der Waals surface area contributed by atoms with Crippen LogP contribution in [0.1, 0.15) is 17.5 Å². The van der Waals surface area contributed by atoms with Crippen LogP contribution in [0.3, 0.4) is 0 Å². The molecule has 8 nitrogen and oxygen atoms in total. The summed E-state index contributed by atoms with van der Waals surface area (Å²) in [6.45, 7) is 1.73. The summed E-state index contributed by atoms with van der Waals surface area (Å²) in [5, 5.41) is 22.3. The summed E-state index contributed by atoms with van der Waals surface area (Å²) in [6.07, 6.45) is -1.05. The summed E-state index contributed by atoms with van der Waals surface area (Å²) >= 11 is 0. The van der Waals surface area contributed by atoms with E-state index < -0.39 is 33.5 Å². The summed E-state index contributed by atoms with van der Waals surface area (Å²) < 4.78 is 28.1. The molecule has 1 saturated heterocycles. The zero-order valence-corrected chi connectivity index (χ0v) is 14.9. The van der Waals surface area contributed by atoms with Gasteiger partial charge < -0.3 is 19.9 Å². The summed E-state index contributed by atoms with van der Waals surface area (Å²) in [5.41, 5.74) is 0.683. The second-order valence-corrected chi connectivity index (χ2v) is 8.65. The van der Waals surface area contributed by atoms with E-state index in [1.54, 1.807) is 13.0 Å². The molecule has 1 aliphatic heterocycles. The zero-order valence-electron chi connectivity index (χ0n) is 14.1. The van der Waals surface area contributed by atoms with Crippen molar-refractivity contribution in [2.45, 2.75) is 31.9 Å². The van der Waals surface area contributed by atoms with Crippen molar-refractivity contribution in [3.05, 3.63) is 39.7 Å². The molecule has 3 N–H and O–H groups in total. The normalized spacial score (nSPS) is 21.8. The number of amides is 1. The smallest absolute Gasteiger partial charge is 0.339 e. The summed E-state index contributed by atoms with van der Waals surface area (Å²) in [6, 6.07) is 3.63. The van der Waals surface area contributed by atoms with E-state index in [0.29, 0.717) is 16.5 Å². The number of rotatable bonds is 4. The van der Waals surface area contributed by atoms with Gasteiger partial charge in [-0.05, 0) is 31.0 Å². The van der Waals surface area contributed by atoms with Crippen LogP contribution in [-0.2, 0) is 21.1 Å². The Morgan fingerprint density at radius 2 is 2.08 bits per heavy atom. The van der Waals surface area contributed by atoms with Gasteiger partial charge in [0.2, 0.25) is 5.91 Å². The molecule has 140 valence electrons. The van der Waals surface area contributed by atoms with Gasteiger partial charge in [0.25, 0.3) is 0 Å². The van der Waals surface area contributed by atoms with E-state index in [2.05, 4.69) is 5.32 Å². The number of phenolic OH excluding ortho intramolecular Hbond substituents is 1. The minimum atomic E-state index is -3.35. The number of hydrogen-bond acceptors (Lipinski definition) is 7. The van der Waals surface area contributed by atoms with Gasteiger partial charge in [0.05, 0.1) is 23.7 Å². The Bertz CT molecular complexity index is 1030. The van der Waals surface area contributed by atoms with Gasteiger partial charge in [-0.25, -0.2) is 13.2 Å². The average Bonchev–Trinajstić information content (AvgIpc) is 2.78. The lowest BCUT2D eigenvalue weighted by atomic mass is 10.0. The van der Waals surface area contributed by atoms with Crippen LogP contribution in [0.25, 0.3) is 11.0 Å². The molecule has 1 aliphatic rings. The van der Waals surface area contributed by atoms with E-state index in [0.717, 1.165) is 0 Å². The highest BCUT2D eigenvalue weighted by Gasteiger charge is 2.37. The fraction of sp³-hybridized carbons (Fsp3) is 0.412. The molecular weight excluding hydrogens is 362 g/mol. The van der Waals surface area contributed by atoms with Gasteiger partial charge in [-0.3, -0.25) is 4.79 Å². The third-order valence-electron chi connectivity index (χ3n) is 4.54. The van der Waals surface area contributed by atoms with Gasteiger partial charge >= 0.3 is 5.63 Å². The van der Waals surface area contributed by atoms with Crippen molar-refractivity contribution < 1.29 is 27.8 Å². The van der Waals surface area contributed by atoms with Crippen molar-refractivity contribution in [2.24, 2.45) is 0 Å². The van der Waals surface area contributed by atoms with Crippen molar-refractivity contribution in [1.82, 2.24) is 5.32 Å². The maximum Gasteiger partial charge on any atom is 0.339 e. The Morgan fingerprint density at radius 3 is 2.73 bits per heavy atom. The Hall–Kier alpha value is -2.39. The van der Waals surface area contributed by atoms with Crippen LogP contribution in [0.4, 0.5) is 0 Å². The molecule has 1 fully saturated rings. The fourth-order valence-corrected chi connectivity index (χ4v) is 4.90. The Kier molecular flexibility index (Phi) is 4.76. The maximum atomic E-state index is 12.2. The van der Waals surface area contributed by atoms with Crippen molar-refractivity contribution in [3.63, 3.8) is 0 Å². The molecule has 3 rings (SSSR count). The second-order valence-electron chi connectivity index (χ2n) is 6.49. The molecule has 1 aromatic carbocycles. The molecule has 0 saturated carbocycles. The maximum absolute atomic E-state index is 12.2. The summed E-state index contributed by atoms with van der Waals surface area (Å²) in [4.78, 5) is 24.2. The molecule has 9 heteroatoms. The molecular formula is C17H19NO7S. The number of phenols is 1. The predicted octanol–water partition coefficient (Wildman–Crippen LogP) is 0.0137. The SMILES string of the molecule is Cc1c(CCC(=O)N[C@H]2CS(=O)(=O)C[C@@H]2O)c(=O)oc2cc(O)ccc12. The number of aryl methyl sites for hydroxylation is 1. The van der Waals surface area contributed by atoms with E-state index in [4.69, 9.17) is 4.42 Å². The molecule has 1 amide bonds. The fourth-order valence-electron chi connectivity index (χ4n) is 3.16. The van der Waals surface area contributed by atoms with Gasteiger partial charge in [-0.2, -0.15) is 0 Å². The molecule has 0 unspecified atom stereocenters. The van der Waals surface area contributed by atoms with Crippen LogP contribution >= 0.6 is 0 Å². The van der Waals surface area contributed by atoms with E-state index in [9.17, 15) is 28.2 Å². The highest BCUT2D eigenvalue weighted by atomic mass is 32.2. The predicted molar refractivity (Wildman–Crippen MR) is 93.8 cm³/mol.